The molecular weight excluding hydrogens is 326 g/mol. The Kier molecular flexibility index (Phi) is 4.41. The second kappa shape index (κ2) is 7.00. The Balaban J connectivity index is 1.74. The summed E-state index contributed by atoms with van der Waals surface area (Å²) < 4.78 is 2.36. The summed E-state index contributed by atoms with van der Waals surface area (Å²) in [6, 6.07) is 29.2. The highest BCUT2D eigenvalue weighted by atomic mass is 35.5. The normalized spacial score (nSPS) is 11.4. The number of nitrogens with zero attached hydrogens (tertiary/aromatic N) is 1. The van der Waals surface area contributed by atoms with Crippen molar-refractivity contribution in [3.8, 4) is 0 Å². The first-order chi connectivity index (χ1) is 12.3. The van der Waals surface area contributed by atoms with Gasteiger partial charge in [0, 0.05) is 28.2 Å². The fourth-order valence-electron chi connectivity index (χ4n) is 3.07. The molecule has 0 saturated heterocycles. The molecule has 25 heavy (non-hydrogen) atoms. The topological polar surface area (TPSA) is 4.93 Å². The molecule has 0 fully saturated rings. The lowest BCUT2D eigenvalue weighted by atomic mass is 10.2. The molecule has 0 spiro atoms. The van der Waals surface area contributed by atoms with Gasteiger partial charge in [-0.25, -0.2) is 0 Å². The second-order valence-electron chi connectivity index (χ2n) is 6.08. The summed E-state index contributed by atoms with van der Waals surface area (Å²) >= 11 is 5.97. The Morgan fingerprint density at radius 1 is 0.760 bits per heavy atom. The van der Waals surface area contributed by atoms with Crippen molar-refractivity contribution >= 4 is 34.7 Å². The maximum Gasteiger partial charge on any atom is 0.0488 e. The molecule has 122 valence electrons. The maximum atomic E-state index is 5.97. The van der Waals surface area contributed by atoms with Crippen LogP contribution in [0.15, 0.2) is 84.9 Å². The summed E-state index contributed by atoms with van der Waals surface area (Å²) in [5, 5.41) is 2.02. The fourth-order valence-corrected chi connectivity index (χ4v) is 3.19. The lowest BCUT2D eigenvalue weighted by Crippen LogP contribution is -2.01. The molecule has 0 atom stereocenters. The number of halogens is 1. The average Bonchev–Trinajstić information content (AvgIpc) is 3.00. The molecule has 0 N–H and O–H groups in total. The first-order valence-corrected chi connectivity index (χ1v) is 8.73. The van der Waals surface area contributed by atoms with Crippen LogP contribution in [0.3, 0.4) is 0 Å². The van der Waals surface area contributed by atoms with E-state index in [1.807, 2.05) is 24.3 Å². The molecular formula is C23H18ClN. The van der Waals surface area contributed by atoms with Crippen LogP contribution in [0.5, 0.6) is 0 Å². The average molecular weight is 344 g/mol. The zero-order valence-corrected chi connectivity index (χ0v) is 14.5. The zero-order valence-electron chi connectivity index (χ0n) is 13.8. The van der Waals surface area contributed by atoms with Crippen molar-refractivity contribution in [2.24, 2.45) is 0 Å². The van der Waals surface area contributed by atoms with E-state index in [0.717, 1.165) is 17.1 Å². The van der Waals surface area contributed by atoms with Gasteiger partial charge in [-0.1, -0.05) is 78.3 Å². The summed E-state index contributed by atoms with van der Waals surface area (Å²) in [6.45, 7) is 0.856. The van der Waals surface area contributed by atoms with Crippen molar-refractivity contribution in [3.63, 3.8) is 0 Å². The lowest BCUT2D eigenvalue weighted by molar-refractivity contribution is 0.828. The van der Waals surface area contributed by atoms with Crippen molar-refractivity contribution in [1.82, 2.24) is 4.57 Å². The SMILES string of the molecule is Clc1ccc(C=Cc2cc3ccccc3n2Cc2ccccc2)cc1. The van der Waals surface area contributed by atoms with Crippen LogP contribution in [0.4, 0.5) is 0 Å². The van der Waals surface area contributed by atoms with Gasteiger partial charge in [0.1, 0.15) is 0 Å². The number of hydrogen-bond acceptors (Lipinski definition) is 0. The number of aromatic nitrogens is 1. The van der Waals surface area contributed by atoms with Gasteiger partial charge < -0.3 is 4.57 Å². The minimum atomic E-state index is 0.760. The molecule has 0 amide bonds. The monoisotopic (exact) mass is 343 g/mol. The Hall–Kier alpha value is -2.77. The van der Waals surface area contributed by atoms with E-state index in [-0.39, 0.29) is 0 Å². The zero-order chi connectivity index (χ0) is 17.1. The number of para-hydroxylation sites is 1. The number of fused-ring (bicyclic) bond motifs is 1. The Morgan fingerprint density at radius 2 is 1.48 bits per heavy atom. The van der Waals surface area contributed by atoms with E-state index in [1.54, 1.807) is 0 Å². The van der Waals surface area contributed by atoms with Crippen LogP contribution in [0, 0.1) is 0 Å². The summed E-state index contributed by atoms with van der Waals surface area (Å²) in [5.41, 5.74) is 4.88. The third-order valence-electron chi connectivity index (χ3n) is 4.34. The van der Waals surface area contributed by atoms with Gasteiger partial charge in [0.2, 0.25) is 0 Å². The molecule has 0 aliphatic rings. The maximum absolute atomic E-state index is 5.97. The number of hydrogen-bond donors (Lipinski definition) is 0. The fraction of sp³-hybridized carbons (Fsp3) is 0.0435. The van der Waals surface area contributed by atoms with E-state index >= 15 is 0 Å². The summed E-state index contributed by atoms with van der Waals surface area (Å²) in [7, 11) is 0. The Morgan fingerprint density at radius 3 is 2.28 bits per heavy atom. The minimum Gasteiger partial charge on any atom is -0.336 e. The van der Waals surface area contributed by atoms with Crippen LogP contribution in [0.1, 0.15) is 16.8 Å². The van der Waals surface area contributed by atoms with Gasteiger partial charge in [-0.3, -0.25) is 0 Å². The first-order valence-electron chi connectivity index (χ1n) is 8.35. The lowest BCUT2D eigenvalue weighted by Gasteiger charge is -2.09. The van der Waals surface area contributed by atoms with Gasteiger partial charge in [0.15, 0.2) is 0 Å². The molecule has 2 heteroatoms. The molecule has 3 aromatic carbocycles. The van der Waals surface area contributed by atoms with Crippen LogP contribution in [0.25, 0.3) is 23.1 Å². The summed E-state index contributed by atoms with van der Waals surface area (Å²) in [4.78, 5) is 0. The van der Waals surface area contributed by atoms with Crippen LogP contribution >= 0.6 is 11.6 Å². The molecule has 0 aliphatic heterocycles. The van der Waals surface area contributed by atoms with Gasteiger partial charge in [-0.15, -0.1) is 0 Å². The van der Waals surface area contributed by atoms with Gasteiger partial charge in [-0.2, -0.15) is 0 Å². The third kappa shape index (κ3) is 3.52. The molecule has 0 saturated carbocycles. The van der Waals surface area contributed by atoms with Crippen molar-refractivity contribution < 1.29 is 0 Å². The number of rotatable bonds is 4. The van der Waals surface area contributed by atoms with E-state index in [4.69, 9.17) is 11.6 Å². The van der Waals surface area contributed by atoms with E-state index in [1.165, 1.54) is 22.2 Å². The Bertz CT molecular complexity index is 1010. The van der Waals surface area contributed by atoms with E-state index in [0.29, 0.717) is 0 Å². The molecule has 0 radical (unpaired) electrons. The first kappa shape index (κ1) is 15.7. The molecule has 1 aromatic heterocycles. The smallest absolute Gasteiger partial charge is 0.0488 e. The highest BCUT2D eigenvalue weighted by Crippen LogP contribution is 2.23. The summed E-state index contributed by atoms with van der Waals surface area (Å²) in [5.74, 6) is 0. The van der Waals surface area contributed by atoms with Crippen LogP contribution in [0.2, 0.25) is 5.02 Å². The van der Waals surface area contributed by atoms with Gasteiger partial charge >= 0.3 is 0 Å². The molecule has 1 heterocycles. The standard InChI is InChI=1S/C23H18ClN/c24-21-13-10-18(11-14-21)12-15-22-16-20-8-4-5-9-23(20)25(22)17-19-6-2-1-3-7-19/h1-16H,17H2. The van der Waals surface area contributed by atoms with E-state index < -0.39 is 0 Å². The van der Waals surface area contributed by atoms with Crippen LogP contribution in [-0.2, 0) is 6.54 Å². The quantitative estimate of drug-likeness (QED) is 0.398. The minimum absolute atomic E-state index is 0.760. The van der Waals surface area contributed by atoms with Crippen LogP contribution < -0.4 is 0 Å². The third-order valence-corrected chi connectivity index (χ3v) is 4.59. The molecule has 4 aromatic rings. The molecule has 0 unspecified atom stereocenters. The van der Waals surface area contributed by atoms with Gasteiger partial charge in [-0.05, 0) is 41.5 Å². The van der Waals surface area contributed by atoms with Crippen LogP contribution in [-0.4, -0.2) is 4.57 Å². The molecule has 0 bridgehead atoms. The highest BCUT2D eigenvalue weighted by Gasteiger charge is 2.07. The van der Waals surface area contributed by atoms with Crippen molar-refractivity contribution in [3.05, 3.63) is 107 Å². The Labute approximate surface area is 152 Å². The molecule has 0 aliphatic carbocycles. The molecule has 1 nitrogen and oxygen atoms in total. The van der Waals surface area contributed by atoms with Crippen molar-refractivity contribution in [1.29, 1.82) is 0 Å². The number of benzene rings is 3. The predicted octanol–water partition coefficient (Wildman–Crippen LogP) is 6.51. The predicted molar refractivity (Wildman–Crippen MR) is 108 cm³/mol. The largest absolute Gasteiger partial charge is 0.336 e. The summed E-state index contributed by atoms with van der Waals surface area (Å²) in [6.07, 6.45) is 4.30. The van der Waals surface area contributed by atoms with E-state index in [2.05, 4.69) is 77.4 Å². The highest BCUT2D eigenvalue weighted by molar-refractivity contribution is 6.30. The van der Waals surface area contributed by atoms with E-state index in [9.17, 15) is 0 Å². The molecule has 4 rings (SSSR count). The second-order valence-corrected chi connectivity index (χ2v) is 6.52. The van der Waals surface area contributed by atoms with Crippen molar-refractivity contribution in [2.75, 3.05) is 0 Å². The van der Waals surface area contributed by atoms with Gasteiger partial charge in [0.25, 0.3) is 0 Å². The van der Waals surface area contributed by atoms with Gasteiger partial charge in [0.05, 0.1) is 0 Å². The van der Waals surface area contributed by atoms with Crippen molar-refractivity contribution in [2.45, 2.75) is 6.54 Å².